The molecule has 0 saturated heterocycles. The van der Waals surface area contributed by atoms with Crippen LogP contribution >= 0.6 is 11.6 Å². The van der Waals surface area contributed by atoms with Crippen LogP contribution in [0.3, 0.4) is 0 Å². The molecule has 0 fully saturated rings. The third-order valence-corrected chi connectivity index (χ3v) is 2.07. The first kappa shape index (κ1) is 11.0. The standard InChI is InChI=1S/C10H10ClFO2/c1-6-3-7(8(13)5-11)10(12)9(4-6)14-2/h3-4H,5H2,1-2H3. The van der Waals surface area contributed by atoms with E-state index in [1.165, 1.54) is 19.2 Å². The summed E-state index contributed by atoms with van der Waals surface area (Å²) in [5.41, 5.74) is 0.744. The molecular weight excluding hydrogens is 207 g/mol. The van der Waals surface area contributed by atoms with Gasteiger partial charge in [0.1, 0.15) is 0 Å². The molecule has 0 heterocycles. The third-order valence-electron chi connectivity index (χ3n) is 1.83. The van der Waals surface area contributed by atoms with Crippen molar-refractivity contribution in [1.29, 1.82) is 0 Å². The van der Waals surface area contributed by atoms with Gasteiger partial charge in [-0.15, -0.1) is 11.6 Å². The van der Waals surface area contributed by atoms with Gasteiger partial charge in [0.25, 0.3) is 0 Å². The maximum Gasteiger partial charge on any atom is 0.180 e. The summed E-state index contributed by atoms with van der Waals surface area (Å²) in [7, 11) is 1.35. The van der Waals surface area contributed by atoms with E-state index < -0.39 is 11.6 Å². The van der Waals surface area contributed by atoms with E-state index in [1.807, 2.05) is 0 Å². The van der Waals surface area contributed by atoms with Crippen LogP contribution in [0, 0.1) is 12.7 Å². The number of benzene rings is 1. The lowest BCUT2D eigenvalue weighted by Crippen LogP contribution is -2.05. The van der Waals surface area contributed by atoms with E-state index >= 15 is 0 Å². The molecule has 1 aromatic carbocycles. The Balaban J connectivity index is 3.29. The minimum atomic E-state index is -0.649. The van der Waals surface area contributed by atoms with Crippen LogP contribution in [-0.2, 0) is 0 Å². The molecular formula is C10H10ClFO2. The van der Waals surface area contributed by atoms with Crippen molar-refractivity contribution in [2.75, 3.05) is 13.0 Å². The summed E-state index contributed by atoms with van der Waals surface area (Å²) in [6.07, 6.45) is 0. The molecule has 0 radical (unpaired) electrons. The topological polar surface area (TPSA) is 26.3 Å². The molecule has 76 valence electrons. The lowest BCUT2D eigenvalue weighted by molar-refractivity contribution is 0.101. The fourth-order valence-corrected chi connectivity index (χ4v) is 1.30. The second-order valence-electron chi connectivity index (χ2n) is 2.89. The summed E-state index contributed by atoms with van der Waals surface area (Å²) in [6, 6.07) is 2.99. The molecule has 0 atom stereocenters. The predicted octanol–water partition coefficient (Wildman–Crippen LogP) is 2.56. The molecule has 0 aliphatic rings. The first-order chi connectivity index (χ1) is 6.60. The van der Waals surface area contributed by atoms with E-state index in [2.05, 4.69) is 0 Å². The normalized spacial score (nSPS) is 10.0. The van der Waals surface area contributed by atoms with Crippen LogP contribution in [-0.4, -0.2) is 18.8 Å². The van der Waals surface area contributed by atoms with E-state index in [4.69, 9.17) is 16.3 Å². The summed E-state index contributed by atoms with van der Waals surface area (Å²) in [5, 5.41) is 0. The van der Waals surface area contributed by atoms with Crippen molar-refractivity contribution < 1.29 is 13.9 Å². The number of carbonyl (C=O) groups is 1. The molecule has 0 unspecified atom stereocenters. The Morgan fingerprint density at radius 2 is 2.21 bits per heavy atom. The highest BCUT2D eigenvalue weighted by Crippen LogP contribution is 2.23. The smallest absolute Gasteiger partial charge is 0.180 e. The van der Waals surface area contributed by atoms with Gasteiger partial charge in [-0.25, -0.2) is 4.39 Å². The Kier molecular flexibility index (Phi) is 3.47. The second kappa shape index (κ2) is 4.42. The SMILES string of the molecule is COc1cc(C)cc(C(=O)CCl)c1F. The first-order valence-electron chi connectivity index (χ1n) is 4.03. The molecule has 0 aliphatic carbocycles. The van der Waals surface area contributed by atoms with Gasteiger partial charge in [0, 0.05) is 0 Å². The fraction of sp³-hybridized carbons (Fsp3) is 0.300. The van der Waals surface area contributed by atoms with E-state index in [-0.39, 0.29) is 17.2 Å². The van der Waals surface area contributed by atoms with E-state index in [0.717, 1.165) is 5.56 Å². The van der Waals surface area contributed by atoms with Gasteiger partial charge < -0.3 is 4.74 Å². The average molecular weight is 217 g/mol. The van der Waals surface area contributed by atoms with Gasteiger partial charge in [0.05, 0.1) is 18.6 Å². The van der Waals surface area contributed by atoms with Crippen LogP contribution in [0.15, 0.2) is 12.1 Å². The zero-order valence-electron chi connectivity index (χ0n) is 7.93. The molecule has 0 aromatic heterocycles. The molecule has 0 saturated carbocycles. The first-order valence-corrected chi connectivity index (χ1v) is 4.57. The highest BCUT2D eigenvalue weighted by atomic mass is 35.5. The zero-order chi connectivity index (χ0) is 10.7. The van der Waals surface area contributed by atoms with E-state index in [9.17, 15) is 9.18 Å². The van der Waals surface area contributed by atoms with Crippen molar-refractivity contribution in [3.05, 3.63) is 29.1 Å². The molecule has 0 N–H and O–H groups in total. The molecule has 0 aliphatic heterocycles. The molecule has 0 spiro atoms. The minimum Gasteiger partial charge on any atom is -0.494 e. The lowest BCUT2D eigenvalue weighted by atomic mass is 10.1. The number of halogens is 2. The van der Waals surface area contributed by atoms with E-state index in [0.29, 0.717) is 0 Å². The summed E-state index contributed by atoms with van der Waals surface area (Å²) in [4.78, 5) is 11.2. The number of hydrogen-bond donors (Lipinski definition) is 0. The number of Topliss-reactive ketones (excluding diaryl/α,β-unsaturated/α-hetero) is 1. The number of carbonyl (C=O) groups excluding carboxylic acids is 1. The number of alkyl halides is 1. The molecule has 14 heavy (non-hydrogen) atoms. The van der Waals surface area contributed by atoms with Crippen LogP contribution in [0.5, 0.6) is 5.75 Å². The quantitative estimate of drug-likeness (QED) is 0.574. The fourth-order valence-electron chi connectivity index (χ4n) is 1.16. The van der Waals surface area contributed by atoms with Crippen molar-refractivity contribution in [3.63, 3.8) is 0 Å². The Bertz CT molecular complexity index is 363. The van der Waals surface area contributed by atoms with Crippen LogP contribution in [0.2, 0.25) is 0 Å². The number of rotatable bonds is 3. The largest absolute Gasteiger partial charge is 0.494 e. The number of hydrogen-bond acceptors (Lipinski definition) is 2. The average Bonchev–Trinajstić information content (AvgIpc) is 2.19. The predicted molar refractivity (Wildman–Crippen MR) is 52.7 cm³/mol. The van der Waals surface area contributed by atoms with Gasteiger partial charge in [-0.05, 0) is 24.6 Å². The van der Waals surface area contributed by atoms with Crippen molar-refractivity contribution in [1.82, 2.24) is 0 Å². The number of methoxy groups -OCH3 is 1. The maximum absolute atomic E-state index is 13.5. The zero-order valence-corrected chi connectivity index (χ0v) is 8.69. The molecule has 0 bridgehead atoms. The van der Waals surface area contributed by atoms with Gasteiger partial charge >= 0.3 is 0 Å². The third kappa shape index (κ3) is 2.04. The molecule has 0 amide bonds. The highest BCUT2D eigenvalue weighted by Gasteiger charge is 2.15. The van der Waals surface area contributed by atoms with Crippen LogP contribution < -0.4 is 4.74 Å². The molecule has 1 rings (SSSR count). The summed E-state index contributed by atoms with van der Waals surface area (Å²) >= 11 is 5.35. The van der Waals surface area contributed by atoms with Crippen LogP contribution in [0.4, 0.5) is 4.39 Å². The Morgan fingerprint density at radius 3 is 2.71 bits per heavy atom. The van der Waals surface area contributed by atoms with Gasteiger partial charge in [0.2, 0.25) is 0 Å². The number of ketones is 1. The molecule has 1 aromatic rings. The minimum absolute atomic E-state index is 0.0168. The number of ether oxygens (including phenoxy) is 1. The Labute approximate surface area is 86.6 Å². The van der Waals surface area contributed by atoms with Crippen molar-refractivity contribution in [2.24, 2.45) is 0 Å². The second-order valence-corrected chi connectivity index (χ2v) is 3.15. The van der Waals surface area contributed by atoms with Gasteiger partial charge in [-0.3, -0.25) is 4.79 Å². The van der Waals surface area contributed by atoms with Crippen molar-refractivity contribution in [2.45, 2.75) is 6.92 Å². The van der Waals surface area contributed by atoms with Gasteiger partial charge in [-0.1, -0.05) is 0 Å². The van der Waals surface area contributed by atoms with Crippen molar-refractivity contribution >= 4 is 17.4 Å². The van der Waals surface area contributed by atoms with Gasteiger partial charge in [0.15, 0.2) is 17.3 Å². The van der Waals surface area contributed by atoms with E-state index in [1.54, 1.807) is 6.92 Å². The number of aryl methyl sites for hydroxylation is 1. The highest BCUT2D eigenvalue weighted by molar-refractivity contribution is 6.30. The maximum atomic E-state index is 13.5. The molecule has 4 heteroatoms. The summed E-state index contributed by atoms with van der Waals surface area (Å²) in [6.45, 7) is 1.76. The Hall–Kier alpha value is -1.09. The summed E-state index contributed by atoms with van der Waals surface area (Å²) < 4.78 is 18.3. The van der Waals surface area contributed by atoms with Crippen LogP contribution in [0.1, 0.15) is 15.9 Å². The summed E-state index contributed by atoms with van der Waals surface area (Å²) in [5.74, 6) is -1.25. The van der Waals surface area contributed by atoms with Gasteiger partial charge in [-0.2, -0.15) is 0 Å². The monoisotopic (exact) mass is 216 g/mol. The van der Waals surface area contributed by atoms with Crippen LogP contribution in [0.25, 0.3) is 0 Å². The Morgan fingerprint density at radius 1 is 1.57 bits per heavy atom. The van der Waals surface area contributed by atoms with Crippen molar-refractivity contribution in [3.8, 4) is 5.75 Å². The molecule has 2 nitrogen and oxygen atoms in total. The lowest BCUT2D eigenvalue weighted by Gasteiger charge is -2.07.